The van der Waals surface area contributed by atoms with Crippen LogP contribution < -0.4 is 5.73 Å². The Morgan fingerprint density at radius 2 is 2.00 bits per heavy atom. The third kappa shape index (κ3) is 3.31. The highest BCUT2D eigenvalue weighted by Crippen LogP contribution is 2.75. The molecular formula is C19H27ClN5O5P. The first kappa shape index (κ1) is 21.6. The van der Waals surface area contributed by atoms with Crippen LogP contribution in [-0.2, 0) is 23.1 Å². The Labute approximate surface area is 185 Å². The number of halogens is 1. The Hall–Kier alpha value is -1.29. The fourth-order valence-corrected chi connectivity index (χ4v) is 7.97. The fraction of sp³-hybridized carbons (Fsp3) is 0.737. The van der Waals surface area contributed by atoms with Gasteiger partial charge in [0.2, 0.25) is 5.28 Å². The summed E-state index contributed by atoms with van der Waals surface area (Å²) in [5.41, 5.74) is 6.67. The van der Waals surface area contributed by atoms with Gasteiger partial charge in [-0.25, -0.2) is 4.98 Å². The van der Waals surface area contributed by atoms with Gasteiger partial charge in [0.1, 0.15) is 11.6 Å². The summed E-state index contributed by atoms with van der Waals surface area (Å²) >= 11 is 6.08. The Balaban J connectivity index is 1.56. The van der Waals surface area contributed by atoms with Gasteiger partial charge in [-0.3, -0.25) is 4.57 Å². The molecule has 12 heteroatoms. The van der Waals surface area contributed by atoms with Crippen molar-refractivity contribution in [3.05, 3.63) is 11.6 Å². The van der Waals surface area contributed by atoms with Crippen molar-refractivity contribution in [3.8, 4) is 0 Å². The number of aromatic nitrogens is 4. The summed E-state index contributed by atoms with van der Waals surface area (Å²) in [4.78, 5) is 12.8. The Morgan fingerprint density at radius 1 is 1.29 bits per heavy atom. The van der Waals surface area contributed by atoms with Gasteiger partial charge >= 0.3 is 7.60 Å². The SMILES string of the molecule is CCOP(=O)(C[C@]12C[C@@H]1[C@@H](n1cnc3c(N)nc(Cl)nc31)[C@@H]1OC(C)(C)O[C@@H]12)OCC. The van der Waals surface area contributed by atoms with Gasteiger partial charge in [0, 0.05) is 5.41 Å². The molecule has 0 unspecified atom stereocenters. The van der Waals surface area contributed by atoms with Crippen LogP contribution in [0.4, 0.5) is 5.82 Å². The monoisotopic (exact) mass is 471 g/mol. The lowest BCUT2D eigenvalue weighted by molar-refractivity contribution is -0.160. The third-order valence-corrected chi connectivity index (χ3v) is 8.95. The normalized spacial score (nSPS) is 33.6. The third-order valence-electron chi connectivity index (χ3n) is 6.50. The van der Waals surface area contributed by atoms with Crippen LogP contribution in [0.25, 0.3) is 11.2 Å². The van der Waals surface area contributed by atoms with Gasteiger partial charge < -0.3 is 28.8 Å². The van der Waals surface area contributed by atoms with Crippen molar-refractivity contribution >= 4 is 36.2 Å². The number of hydrogen-bond donors (Lipinski definition) is 1. The molecule has 3 fully saturated rings. The van der Waals surface area contributed by atoms with E-state index in [4.69, 9.17) is 35.9 Å². The molecule has 0 radical (unpaired) electrons. The van der Waals surface area contributed by atoms with Crippen molar-refractivity contribution in [2.24, 2.45) is 11.3 Å². The molecule has 1 saturated heterocycles. The molecule has 0 aromatic carbocycles. The Bertz CT molecular complexity index is 1070. The number of anilines is 1. The van der Waals surface area contributed by atoms with Crippen LogP contribution in [0.5, 0.6) is 0 Å². The maximum absolute atomic E-state index is 13.4. The predicted molar refractivity (Wildman–Crippen MR) is 114 cm³/mol. The lowest BCUT2D eigenvalue weighted by Gasteiger charge is -2.27. The minimum absolute atomic E-state index is 0.0597. The molecule has 0 spiro atoms. The molecule has 3 heterocycles. The van der Waals surface area contributed by atoms with Gasteiger partial charge in [0.15, 0.2) is 17.3 Å². The van der Waals surface area contributed by atoms with E-state index in [0.29, 0.717) is 24.4 Å². The van der Waals surface area contributed by atoms with Crippen molar-refractivity contribution < 1.29 is 23.1 Å². The summed E-state index contributed by atoms with van der Waals surface area (Å²) in [6.45, 7) is 8.05. The summed E-state index contributed by atoms with van der Waals surface area (Å²) < 4.78 is 39.3. The van der Waals surface area contributed by atoms with Crippen LogP contribution in [0, 0.1) is 11.3 Å². The van der Waals surface area contributed by atoms with E-state index in [1.54, 1.807) is 6.33 Å². The van der Waals surface area contributed by atoms with Crippen LogP contribution >= 0.6 is 19.2 Å². The van der Waals surface area contributed by atoms with Crippen molar-refractivity contribution in [2.45, 2.75) is 58.2 Å². The molecular weight excluding hydrogens is 445 g/mol. The second kappa shape index (κ2) is 7.10. The van der Waals surface area contributed by atoms with Crippen molar-refractivity contribution in [1.29, 1.82) is 0 Å². The topological polar surface area (TPSA) is 124 Å². The first-order valence-electron chi connectivity index (χ1n) is 10.5. The number of nitrogens with two attached hydrogens (primary N) is 1. The number of hydrogen-bond acceptors (Lipinski definition) is 9. The Kier molecular flexibility index (Phi) is 4.94. The zero-order chi connectivity index (χ0) is 22.2. The molecule has 0 bridgehead atoms. The quantitative estimate of drug-likeness (QED) is 0.477. The molecule has 0 amide bonds. The molecule has 10 nitrogen and oxygen atoms in total. The average molecular weight is 472 g/mol. The molecule has 2 saturated carbocycles. The molecule has 2 N–H and O–H groups in total. The first-order chi connectivity index (χ1) is 14.6. The van der Waals surface area contributed by atoms with Crippen LogP contribution in [0.3, 0.4) is 0 Å². The first-order valence-corrected chi connectivity index (χ1v) is 12.6. The highest BCUT2D eigenvalue weighted by molar-refractivity contribution is 7.53. The Morgan fingerprint density at radius 3 is 2.68 bits per heavy atom. The minimum atomic E-state index is -3.28. The van der Waals surface area contributed by atoms with Crippen LogP contribution in [0.15, 0.2) is 6.33 Å². The second-order valence-electron chi connectivity index (χ2n) is 8.86. The number of nitrogens with zero attached hydrogens (tertiary/aromatic N) is 4. The summed E-state index contributed by atoms with van der Waals surface area (Å²) in [7, 11) is -3.28. The molecule has 170 valence electrons. The zero-order valence-electron chi connectivity index (χ0n) is 17.9. The van der Waals surface area contributed by atoms with Crippen LogP contribution in [-0.4, -0.2) is 56.9 Å². The van der Waals surface area contributed by atoms with Crippen LogP contribution in [0.1, 0.15) is 40.2 Å². The second-order valence-corrected chi connectivity index (χ2v) is 11.3. The minimum Gasteiger partial charge on any atom is -0.382 e. The highest BCUT2D eigenvalue weighted by Gasteiger charge is 2.77. The predicted octanol–water partition coefficient (Wildman–Crippen LogP) is 3.41. The lowest BCUT2D eigenvalue weighted by atomic mass is 10.0. The van der Waals surface area contributed by atoms with E-state index in [1.165, 1.54) is 0 Å². The molecule has 31 heavy (non-hydrogen) atoms. The van der Waals surface area contributed by atoms with Gasteiger partial charge in [0.25, 0.3) is 0 Å². The number of imidazole rings is 1. The van der Waals surface area contributed by atoms with Crippen LogP contribution in [0.2, 0.25) is 5.28 Å². The largest absolute Gasteiger partial charge is 0.382 e. The van der Waals surface area contributed by atoms with Crippen molar-refractivity contribution in [3.63, 3.8) is 0 Å². The van der Waals surface area contributed by atoms with E-state index in [1.807, 2.05) is 32.3 Å². The molecule has 5 atom stereocenters. The maximum atomic E-state index is 13.4. The summed E-state index contributed by atoms with van der Waals surface area (Å²) in [5, 5.41) is 0.0597. The zero-order valence-corrected chi connectivity index (χ0v) is 19.6. The smallest absolute Gasteiger partial charge is 0.331 e. The molecule has 2 aromatic heterocycles. The molecule has 2 aromatic rings. The number of fused-ring (bicyclic) bond motifs is 4. The van der Waals surface area contributed by atoms with Gasteiger partial charge in [0.05, 0.1) is 37.8 Å². The van der Waals surface area contributed by atoms with Gasteiger partial charge in [-0.2, -0.15) is 9.97 Å². The van der Waals surface area contributed by atoms with Gasteiger partial charge in [-0.15, -0.1) is 0 Å². The van der Waals surface area contributed by atoms with E-state index in [2.05, 4.69) is 15.0 Å². The van der Waals surface area contributed by atoms with E-state index in [-0.39, 0.29) is 46.8 Å². The van der Waals surface area contributed by atoms with Crippen molar-refractivity contribution in [1.82, 2.24) is 19.5 Å². The van der Waals surface area contributed by atoms with E-state index in [9.17, 15) is 4.57 Å². The molecule has 2 aliphatic carbocycles. The van der Waals surface area contributed by atoms with E-state index in [0.717, 1.165) is 6.42 Å². The summed E-state index contributed by atoms with van der Waals surface area (Å²) in [6.07, 6.45) is 2.28. The number of rotatable bonds is 7. The average Bonchev–Trinajstić information content (AvgIpc) is 2.92. The number of ether oxygens (including phenoxy) is 2. The van der Waals surface area contributed by atoms with Gasteiger partial charge in [-0.1, -0.05) is 0 Å². The number of nitrogen functional groups attached to an aromatic ring is 1. The van der Waals surface area contributed by atoms with Crippen molar-refractivity contribution in [2.75, 3.05) is 25.1 Å². The molecule has 5 rings (SSSR count). The fourth-order valence-electron chi connectivity index (χ4n) is 5.49. The highest BCUT2D eigenvalue weighted by atomic mass is 35.5. The standard InChI is InChI=1S/C19H27ClN5O5P/c1-5-27-31(26,28-6-2)8-19-7-10(19)12(13-14(19)30-18(3,4)29-13)25-9-22-11-15(21)23-17(20)24-16(11)25/h9-10,12-14H,5-8H2,1-4H3,(H2,21,23,24)/t10-,12-,13+,14+,19-/m1/s1. The lowest BCUT2D eigenvalue weighted by Crippen LogP contribution is -2.33. The summed E-state index contributed by atoms with van der Waals surface area (Å²) in [6, 6.07) is -0.126. The van der Waals surface area contributed by atoms with E-state index < -0.39 is 13.4 Å². The summed E-state index contributed by atoms with van der Waals surface area (Å²) in [5.74, 6) is -0.399. The molecule has 1 aliphatic heterocycles. The molecule has 3 aliphatic rings. The maximum Gasteiger partial charge on any atom is 0.331 e. The van der Waals surface area contributed by atoms with Gasteiger partial charge in [-0.05, 0) is 51.6 Å². The van der Waals surface area contributed by atoms with E-state index >= 15 is 0 Å².